The second-order valence-electron chi connectivity index (χ2n) is 6.78. The number of benzene rings is 1. The van der Waals surface area contributed by atoms with Crippen LogP contribution in [0.3, 0.4) is 0 Å². The van der Waals surface area contributed by atoms with Gasteiger partial charge in [0.1, 0.15) is 0 Å². The van der Waals surface area contributed by atoms with Gasteiger partial charge in [0.2, 0.25) is 10.0 Å². The van der Waals surface area contributed by atoms with Crippen LogP contribution in [-0.2, 0) is 10.0 Å². The molecule has 1 unspecified atom stereocenters. The summed E-state index contributed by atoms with van der Waals surface area (Å²) in [5.74, 6) is 0.462. The molecule has 1 atom stereocenters. The molecule has 2 rings (SSSR count). The summed E-state index contributed by atoms with van der Waals surface area (Å²) in [4.78, 5) is 12.5. The summed E-state index contributed by atoms with van der Waals surface area (Å²) >= 11 is 0. The van der Waals surface area contributed by atoms with Crippen molar-refractivity contribution in [3.63, 3.8) is 0 Å². The van der Waals surface area contributed by atoms with Crippen molar-refractivity contribution in [3.8, 4) is 0 Å². The Morgan fingerprint density at radius 2 is 2.08 bits per heavy atom. The molecule has 6 nitrogen and oxygen atoms in total. The highest BCUT2D eigenvalue weighted by atomic mass is 32.2. The van der Waals surface area contributed by atoms with Gasteiger partial charge < -0.3 is 11.1 Å². The molecular weight excluding hydrogens is 326 g/mol. The van der Waals surface area contributed by atoms with Crippen LogP contribution in [0.5, 0.6) is 0 Å². The lowest BCUT2D eigenvalue weighted by Crippen LogP contribution is -2.41. The van der Waals surface area contributed by atoms with Crippen LogP contribution in [0.25, 0.3) is 0 Å². The average molecular weight is 353 g/mol. The highest BCUT2D eigenvalue weighted by molar-refractivity contribution is 7.93. The van der Waals surface area contributed by atoms with Crippen LogP contribution in [-0.4, -0.2) is 39.2 Å². The molecule has 1 amide bonds. The number of nitrogens with two attached hydrogens (primary N) is 1. The smallest absolute Gasteiger partial charge is 0.251 e. The maximum absolute atomic E-state index is 12.5. The fourth-order valence-electron chi connectivity index (χ4n) is 3.03. The Hall–Kier alpha value is -1.60. The number of rotatable bonds is 6. The number of sulfonamides is 1. The summed E-state index contributed by atoms with van der Waals surface area (Å²) in [5, 5.41) is 2.96. The van der Waals surface area contributed by atoms with Gasteiger partial charge in [0.25, 0.3) is 5.91 Å². The summed E-state index contributed by atoms with van der Waals surface area (Å²) in [5.41, 5.74) is 7.67. The highest BCUT2D eigenvalue weighted by Crippen LogP contribution is 2.26. The van der Waals surface area contributed by atoms with E-state index in [1.807, 2.05) is 6.92 Å². The molecule has 24 heavy (non-hydrogen) atoms. The molecule has 1 saturated heterocycles. The topological polar surface area (TPSA) is 92.5 Å². The molecule has 1 aromatic rings. The van der Waals surface area contributed by atoms with E-state index in [0.29, 0.717) is 36.7 Å². The lowest BCUT2D eigenvalue weighted by Gasteiger charge is -2.21. The maximum Gasteiger partial charge on any atom is 0.251 e. The molecule has 1 aliphatic heterocycles. The Morgan fingerprint density at radius 1 is 1.38 bits per heavy atom. The van der Waals surface area contributed by atoms with Crippen LogP contribution in [0.4, 0.5) is 5.69 Å². The van der Waals surface area contributed by atoms with E-state index < -0.39 is 10.0 Å². The molecule has 1 aromatic carbocycles. The second kappa shape index (κ2) is 7.53. The molecule has 0 radical (unpaired) electrons. The van der Waals surface area contributed by atoms with Crippen molar-refractivity contribution >= 4 is 21.6 Å². The van der Waals surface area contributed by atoms with Crippen molar-refractivity contribution in [2.24, 2.45) is 11.7 Å². The molecule has 0 aliphatic carbocycles. The lowest BCUT2D eigenvalue weighted by molar-refractivity contribution is 0.0933. The largest absolute Gasteiger partial charge is 0.348 e. The average Bonchev–Trinajstić information content (AvgIpc) is 2.85. The van der Waals surface area contributed by atoms with E-state index in [0.717, 1.165) is 12.0 Å². The molecule has 3 N–H and O–H groups in total. The van der Waals surface area contributed by atoms with Gasteiger partial charge in [-0.25, -0.2) is 8.42 Å². The zero-order valence-corrected chi connectivity index (χ0v) is 15.4. The SMILES string of the molecule is Cc1cc(N2CCCS2(=O)=O)ccc1C(=O)NC(CN)CC(C)C. The van der Waals surface area contributed by atoms with Gasteiger partial charge in [-0.15, -0.1) is 0 Å². The molecule has 0 bridgehead atoms. The third-order valence-electron chi connectivity index (χ3n) is 4.22. The molecule has 7 heteroatoms. The normalized spacial score (nSPS) is 18.0. The summed E-state index contributed by atoms with van der Waals surface area (Å²) in [7, 11) is -3.21. The highest BCUT2D eigenvalue weighted by Gasteiger charge is 2.28. The summed E-state index contributed by atoms with van der Waals surface area (Å²) in [6.07, 6.45) is 1.46. The van der Waals surface area contributed by atoms with Gasteiger partial charge in [-0.3, -0.25) is 9.10 Å². The second-order valence-corrected chi connectivity index (χ2v) is 8.79. The third kappa shape index (κ3) is 4.27. The van der Waals surface area contributed by atoms with Gasteiger partial charge in [-0.1, -0.05) is 13.8 Å². The molecule has 0 spiro atoms. The minimum Gasteiger partial charge on any atom is -0.348 e. The Bertz CT molecular complexity index is 701. The molecule has 1 heterocycles. The lowest BCUT2D eigenvalue weighted by atomic mass is 10.0. The molecule has 1 aliphatic rings. The Labute approximate surface area is 144 Å². The number of nitrogens with zero attached hydrogens (tertiary/aromatic N) is 1. The number of hydrogen-bond acceptors (Lipinski definition) is 4. The molecule has 1 fully saturated rings. The Morgan fingerprint density at radius 3 is 2.58 bits per heavy atom. The van der Waals surface area contributed by atoms with Crippen LogP contribution >= 0.6 is 0 Å². The Kier molecular flexibility index (Phi) is 5.87. The van der Waals surface area contributed by atoms with Gasteiger partial charge in [-0.05, 0) is 49.4 Å². The fraction of sp³-hybridized carbons (Fsp3) is 0.588. The van der Waals surface area contributed by atoms with Crippen molar-refractivity contribution < 1.29 is 13.2 Å². The van der Waals surface area contributed by atoms with Crippen molar-refractivity contribution in [1.29, 1.82) is 0 Å². The minimum atomic E-state index is -3.21. The van der Waals surface area contributed by atoms with Crippen molar-refractivity contribution in [2.75, 3.05) is 23.1 Å². The monoisotopic (exact) mass is 353 g/mol. The first kappa shape index (κ1) is 18.7. The number of carbonyl (C=O) groups excluding carboxylic acids is 1. The number of anilines is 1. The van der Waals surface area contributed by atoms with Crippen molar-refractivity contribution in [3.05, 3.63) is 29.3 Å². The van der Waals surface area contributed by atoms with Crippen LogP contribution in [0, 0.1) is 12.8 Å². The summed E-state index contributed by atoms with van der Waals surface area (Å²) in [6.45, 7) is 6.89. The predicted molar refractivity (Wildman–Crippen MR) is 96.7 cm³/mol. The molecule has 134 valence electrons. The Balaban J connectivity index is 2.16. The van der Waals surface area contributed by atoms with Crippen LogP contribution in [0.1, 0.15) is 42.6 Å². The molecule has 0 aromatic heterocycles. The first-order chi connectivity index (χ1) is 11.2. The van der Waals surface area contributed by atoms with Crippen LogP contribution in [0.15, 0.2) is 18.2 Å². The van der Waals surface area contributed by atoms with E-state index in [1.165, 1.54) is 4.31 Å². The number of amides is 1. The van der Waals surface area contributed by atoms with Crippen molar-refractivity contribution in [2.45, 2.75) is 39.7 Å². The number of nitrogens with one attached hydrogen (secondary N) is 1. The third-order valence-corrected chi connectivity index (χ3v) is 6.09. The van der Waals surface area contributed by atoms with Gasteiger partial charge >= 0.3 is 0 Å². The van der Waals surface area contributed by atoms with E-state index in [4.69, 9.17) is 5.73 Å². The quantitative estimate of drug-likeness (QED) is 0.813. The van der Waals surface area contributed by atoms with Gasteiger partial charge in [0, 0.05) is 24.7 Å². The van der Waals surface area contributed by atoms with E-state index in [2.05, 4.69) is 19.2 Å². The van der Waals surface area contributed by atoms with Gasteiger partial charge in [-0.2, -0.15) is 0 Å². The van der Waals surface area contributed by atoms with E-state index in [9.17, 15) is 13.2 Å². The first-order valence-corrected chi connectivity index (χ1v) is 9.97. The standard InChI is InChI=1S/C17H27N3O3S/c1-12(2)9-14(11-18)19-17(21)16-6-5-15(10-13(16)3)20-7-4-8-24(20,22)23/h5-6,10,12,14H,4,7-9,11,18H2,1-3H3,(H,19,21). The van der Waals surface area contributed by atoms with Crippen molar-refractivity contribution in [1.82, 2.24) is 5.32 Å². The predicted octanol–water partition coefficient (Wildman–Crippen LogP) is 1.64. The maximum atomic E-state index is 12.5. The minimum absolute atomic E-state index is 0.0597. The summed E-state index contributed by atoms with van der Waals surface area (Å²) in [6, 6.07) is 5.09. The van der Waals surface area contributed by atoms with Gasteiger partial charge in [0.15, 0.2) is 0 Å². The van der Waals surface area contributed by atoms with Crippen LogP contribution in [0.2, 0.25) is 0 Å². The fourth-order valence-corrected chi connectivity index (χ4v) is 4.59. The molecular formula is C17H27N3O3S. The zero-order chi connectivity index (χ0) is 17.9. The zero-order valence-electron chi connectivity index (χ0n) is 14.6. The number of aryl methyl sites for hydroxylation is 1. The van der Waals surface area contributed by atoms with Crippen LogP contribution < -0.4 is 15.4 Å². The number of carbonyl (C=O) groups is 1. The summed E-state index contributed by atoms with van der Waals surface area (Å²) < 4.78 is 25.4. The molecule has 0 saturated carbocycles. The first-order valence-electron chi connectivity index (χ1n) is 8.36. The van der Waals surface area contributed by atoms with Gasteiger partial charge in [0.05, 0.1) is 11.4 Å². The van der Waals surface area contributed by atoms with E-state index in [-0.39, 0.29) is 17.7 Å². The van der Waals surface area contributed by atoms with E-state index in [1.54, 1.807) is 18.2 Å². The van der Waals surface area contributed by atoms with E-state index >= 15 is 0 Å². The number of hydrogen-bond donors (Lipinski definition) is 2.